The minimum Gasteiger partial charge on any atom is -0.489 e. The summed E-state index contributed by atoms with van der Waals surface area (Å²) in [6.07, 6.45) is -0.262. The Balaban J connectivity index is 1.36. The number of fused-ring (bicyclic) bond motifs is 1. The fourth-order valence-electron chi connectivity index (χ4n) is 4.78. The molecule has 2 N–H and O–H groups in total. The zero-order valence-electron chi connectivity index (χ0n) is 22.4. The number of amides is 1. The van der Waals surface area contributed by atoms with Gasteiger partial charge in [-0.2, -0.15) is 0 Å². The van der Waals surface area contributed by atoms with Gasteiger partial charge in [0.1, 0.15) is 18.0 Å². The summed E-state index contributed by atoms with van der Waals surface area (Å²) in [6.45, 7) is 10.2. The Kier molecular flexibility index (Phi) is 6.89. The average Bonchev–Trinajstić information content (AvgIpc) is 3.23. The van der Waals surface area contributed by atoms with Gasteiger partial charge >= 0.3 is 6.09 Å². The van der Waals surface area contributed by atoms with Gasteiger partial charge in [0.15, 0.2) is 5.82 Å². The molecule has 4 aromatic rings. The van der Waals surface area contributed by atoms with Crippen molar-refractivity contribution in [3.8, 4) is 11.4 Å². The van der Waals surface area contributed by atoms with E-state index in [9.17, 15) is 4.79 Å². The van der Waals surface area contributed by atoms with Gasteiger partial charge in [0.2, 0.25) is 0 Å². The number of hydrogen-bond acceptors (Lipinski definition) is 6. The fraction of sp³-hybridized carbons (Fsp3) is 0.333. The summed E-state index contributed by atoms with van der Waals surface area (Å²) < 4.78 is 13.5. The molecule has 0 aliphatic carbocycles. The fourth-order valence-corrected chi connectivity index (χ4v) is 4.78. The summed E-state index contributed by atoms with van der Waals surface area (Å²) in [7, 11) is 0. The highest BCUT2D eigenvalue weighted by atomic mass is 16.6. The van der Waals surface area contributed by atoms with Crippen molar-refractivity contribution in [2.24, 2.45) is 0 Å². The Morgan fingerprint density at radius 1 is 1.00 bits per heavy atom. The molecule has 1 atom stereocenters. The number of benzene rings is 3. The van der Waals surface area contributed by atoms with Crippen LogP contribution in [0.4, 0.5) is 16.3 Å². The molecule has 198 valence electrons. The van der Waals surface area contributed by atoms with E-state index in [1.165, 1.54) is 0 Å². The number of carbonyl (C=O) groups is 1. The number of nitrogens with two attached hydrogens (primary N) is 1. The number of rotatable bonds is 5. The van der Waals surface area contributed by atoms with Crippen LogP contribution in [0.5, 0.6) is 5.75 Å². The normalized spacial score (nSPS) is 16.1. The Morgan fingerprint density at radius 2 is 1.76 bits per heavy atom. The van der Waals surface area contributed by atoms with E-state index < -0.39 is 5.60 Å². The lowest BCUT2D eigenvalue weighted by atomic mass is 10.1. The second-order valence-electron chi connectivity index (χ2n) is 10.7. The van der Waals surface area contributed by atoms with Crippen LogP contribution in [0, 0.1) is 0 Å². The summed E-state index contributed by atoms with van der Waals surface area (Å²) in [4.78, 5) is 16.7. The first-order valence-electron chi connectivity index (χ1n) is 13.0. The molecule has 1 aliphatic rings. The molecule has 1 saturated heterocycles. The molecule has 0 radical (unpaired) electrons. The number of ether oxygens (including phenoxy) is 2. The van der Waals surface area contributed by atoms with Gasteiger partial charge in [0.25, 0.3) is 0 Å². The molecule has 0 unspecified atom stereocenters. The van der Waals surface area contributed by atoms with Crippen molar-refractivity contribution in [1.82, 2.24) is 14.7 Å². The van der Waals surface area contributed by atoms with Crippen molar-refractivity contribution in [3.63, 3.8) is 0 Å². The van der Waals surface area contributed by atoms with E-state index >= 15 is 0 Å². The van der Waals surface area contributed by atoms with Gasteiger partial charge in [-0.1, -0.05) is 36.4 Å². The first kappa shape index (κ1) is 25.4. The maximum absolute atomic E-state index is 12.6. The van der Waals surface area contributed by atoms with Crippen LogP contribution >= 0.6 is 0 Å². The van der Waals surface area contributed by atoms with Crippen LogP contribution in [0.2, 0.25) is 0 Å². The van der Waals surface area contributed by atoms with Gasteiger partial charge in [-0.25, -0.2) is 9.48 Å². The number of nitrogens with zero attached hydrogens (tertiary/aromatic N) is 4. The highest BCUT2D eigenvalue weighted by molar-refractivity contribution is 5.91. The second kappa shape index (κ2) is 10.3. The first-order valence-corrected chi connectivity index (χ1v) is 13.0. The third-order valence-corrected chi connectivity index (χ3v) is 6.61. The molecule has 1 amide bonds. The van der Waals surface area contributed by atoms with Gasteiger partial charge in [0, 0.05) is 42.8 Å². The van der Waals surface area contributed by atoms with E-state index in [0.29, 0.717) is 32.1 Å². The van der Waals surface area contributed by atoms with Gasteiger partial charge in [-0.05, 0) is 63.6 Å². The summed E-state index contributed by atoms with van der Waals surface area (Å²) in [5, 5.41) is 5.52. The molecule has 3 aromatic carbocycles. The third kappa shape index (κ3) is 5.54. The lowest BCUT2D eigenvalue weighted by Gasteiger charge is -2.41. The number of anilines is 2. The van der Waals surface area contributed by atoms with Crippen molar-refractivity contribution >= 4 is 28.5 Å². The van der Waals surface area contributed by atoms with Crippen molar-refractivity contribution in [1.29, 1.82) is 0 Å². The number of nitrogen functional groups attached to an aromatic ring is 1. The Labute approximate surface area is 223 Å². The standard InChI is InChI=1S/C30H35N5O3/c1-21-19-33(29(36)38-30(2,3)4)15-16-34(21)23-11-8-12-24(17-23)35-27-18-25(13-14-26(27)28(31)32-35)37-20-22-9-6-5-7-10-22/h5-14,17-18,21H,15-16,19-20H2,1-4H3,(H2,31,32)/t21-/m0/s1. The van der Waals surface area contributed by atoms with Crippen molar-refractivity contribution < 1.29 is 14.3 Å². The molecule has 0 bridgehead atoms. The first-order chi connectivity index (χ1) is 18.2. The van der Waals surface area contributed by atoms with E-state index in [2.05, 4.69) is 29.1 Å². The maximum Gasteiger partial charge on any atom is 0.410 e. The van der Waals surface area contributed by atoms with E-state index in [1.807, 2.05) is 86.1 Å². The highest BCUT2D eigenvalue weighted by Gasteiger charge is 2.30. The number of hydrogen-bond donors (Lipinski definition) is 1. The second-order valence-corrected chi connectivity index (χ2v) is 10.7. The smallest absolute Gasteiger partial charge is 0.410 e. The molecule has 1 aromatic heterocycles. The SMILES string of the molecule is C[C@H]1CN(C(=O)OC(C)(C)C)CCN1c1cccc(-n2nc(N)c3ccc(OCc4ccccc4)cc32)c1. The monoisotopic (exact) mass is 513 g/mol. The number of aromatic nitrogens is 2. The Morgan fingerprint density at radius 3 is 2.50 bits per heavy atom. The van der Waals surface area contributed by atoms with Crippen molar-refractivity contribution in [3.05, 3.63) is 78.4 Å². The van der Waals surface area contributed by atoms with Gasteiger partial charge in [-0.3, -0.25) is 0 Å². The minimum absolute atomic E-state index is 0.129. The molecular weight excluding hydrogens is 478 g/mol. The van der Waals surface area contributed by atoms with E-state index in [0.717, 1.165) is 33.6 Å². The van der Waals surface area contributed by atoms with Crippen LogP contribution in [0.3, 0.4) is 0 Å². The molecule has 1 fully saturated rings. The highest BCUT2D eigenvalue weighted by Crippen LogP contribution is 2.30. The van der Waals surface area contributed by atoms with E-state index in [1.54, 1.807) is 4.90 Å². The summed E-state index contributed by atoms with van der Waals surface area (Å²) in [5.41, 5.74) is 9.74. The van der Waals surface area contributed by atoms with Crippen molar-refractivity contribution in [2.75, 3.05) is 30.3 Å². The average molecular weight is 514 g/mol. The van der Waals surface area contributed by atoms with Crippen LogP contribution in [0.15, 0.2) is 72.8 Å². The zero-order chi connectivity index (χ0) is 26.9. The van der Waals surface area contributed by atoms with Crippen LogP contribution in [-0.2, 0) is 11.3 Å². The van der Waals surface area contributed by atoms with Crippen LogP contribution < -0.4 is 15.4 Å². The summed E-state index contributed by atoms with van der Waals surface area (Å²) in [5.74, 6) is 1.23. The van der Waals surface area contributed by atoms with E-state index in [-0.39, 0.29) is 12.1 Å². The molecule has 38 heavy (non-hydrogen) atoms. The van der Waals surface area contributed by atoms with Gasteiger partial charge in [-0.15, -0.1) is 5.10 Å². The van der Waals surface area contributed by atoms with Crippen LogP contribution in [-0.4, -0.2) is 52.1 Å². The van der Waals surface area contributed by atoms with Crippen molar-refractivity contribution in [2.45, 2.75) is 45.9 Å². The van der Waals surface area contributed by atoms with Crippen LogP contribution in [0.25, 0.3) is 16.6 Å². The number of carbonyl (C=O) groups excluding carboxylic acids is 1. The molecule has 0 saturated carbocycles. The molecule has 2 heterocycles. The molecule has 0 spiro atoms. The predicted molar refractivity (Wildman–Crippen MR) is 151 cm³/mol. The topological polar surface area (TPSA) is 85.9 Å². The Hall–Kier alpha value is -4.20. The predicted octanol–water partition coefficient (Wildman–Crippen LogP) is 5.63. The molecule has 1 aliphatic heterocycles. The number of piperazine rings is 1. The Bertz CT molecular complexity index is 1430. The van der Waals surface area contributed by atoms with Crippen LogP contribution in [0.1, 0.15) is 33.3 Å². The summed E-state index contributed by atoms with van der Waals surface area (Å²) in [6, 6.07) is 24.3. The molecule has 8 heteroatoms. The summed E-state index contributed by atoms with van der Waals surface area (Å²) >= 11 is 0. The third-order valence-electron chi connectivity index (χ3n) is 6.61. The quantitative estimate of drug-likeness (QED) is 0.372. The van der Waals surface area contributed by atoms with Gasteiger partial charge < -0.3 is 25.0 Å². The molecular formula is C30H35N5O3. The molecule has 8 nitrogen and oxygen atoms in total. The van der Waals surface area contributed by atoms with Gasteiger partial charge in [0.05, 0.1) is 11.2 Å². The maximum atomic E-state index is 12.6. The molecule has 5 rings (SSSR count). The van der Waals surface area contributed by atoms with E-state index in [4.69, 9.17) is 15.2 Å². The largest absolute Gasteiger partial charge is 0.489 e. The minimum atomic E-state index is -0.507. The lowest BCUT2D eigenvalue weighted by molar-refractivity contribution is 0.0219. The lowest BCUT2D eigenvalue weighted by Crippen LogP contribution is -2.54. The zero-order valence-corrected chi connectivity index (χ0v) is 22.4.